The first-order chi connectivity index (χ1) is 17.6. The van der Waals surface area contributed by atoms with Gasteiger partial charge in [-0.05, 0) is 77.4 Å². The summed E-state index contributed by atoms with van der Waals surface area (Å²) in [4.78, 5) is 12.1. The average molecular weight is 545 g/mol. The normalized spacial score (nSPS) is 10.7. The van der Waals surface area contributed by atoms with Crippen molar-refractivity contribution >= 4 is 28.1 Å². The van der Waals surface area contributed by atoms with E-state index in [1.165, 1.54) is 0 Å². The minimum Gasteiger partial charge on any atom is -0.493 e. The van der Waals surface area contributed by atoms with Gasteiger partial charge in [0.25, 0.3) is 5.91 Å². The van der Waals surface area contributed by atoms with Crippen molar-refractivity contribution in [3.8, 4) is 17.2 Å². The highest BCUT2D eigenvalue weighted by Crippen LogP contribution is 2.29. The van der Waals surface area contributed by atoms with Crippen LogP contribution in [0.5, 0.6) is 17.2 Å². The average Bonchev–Trinajstić information content (AvgIpc) is 2.92. The van der Waals surface area contributed by atoms with Crippen LogP contribution in [-0.4, -0.2) is 19.2 Å². The fourth-order valence-electron chi connectivity index (χ4n) is 3.30. The molecule has 0 bridgehead atoms. The fraction of sp³-hybridized carbons (Fsp3) is 0.103. The number of carbonyl (C=O) groups excluding carboxylic acids is 1. The van der Waals surface area contributed by atoms with Gasteiger partial charge < -0.3 is 14.2 Å². The monoisotopic (exact) mass is 544 g/mol. The van der Waals surface area contributed by atoms with Gasteiger partial charge in [-0.2, -0.15) is 5.10 Å². The maximum atomic E-state index is 12.1. The number of amides is 1. The summed E-state index contributed by atoms with van der Waals surface area (Å²) in [6.07, 6.45) is 1.58. The van der Waals surface area contributed by atoms with Crippen LogP contribution < -0.4 is 19.6 Å². The Hall–Kier alpha value is -4.10. The molecule has 0 spiro atoms. The molecule has 4 aromatic rings. The van der Waals surface area contributed by atoms with Crippen molar-refractivity contribution < 1.29 is 19.0 Å². The Kier molecular flexibility index (Phi) is 8.72. The van der Waals surface area contributed by atoms with Crippen molar-refractivity contribution in [2.75, 3.05) is 7.11 Å². The molecular weight excluding hydrogens is 520 g/mol. The summed E-state index contributed by atoms with van der Waals surface area (Å²) in [7, 11) is 1.62. The Bertz CT molecular complexity index is 1310. The summed E-state index contributed by atoms with van der Waals surface area (Å²) in [5.41, 5.74) is 5.94. The number of hydrogen-bond donors (Lipinski definition) is 1. The lowest BCUT2D eigenvalue weighted by atomic mass is 10.2. The first-order valence-electron chi connectivity index (χ1n) is 11.3. The number of nitrogens with one attached hydrogen (secondary N) is 1. The molecule has 0 aliphatic carbocycles. The molecule has 7 heteroatoms. The highest BCUT2D eigenvalue weighted by atomic mass is 79.9. The number of rotatable bonds is 10. The largest absolute Gasteiger partial charge is 0.493 e. The molecule has 0 saturated heterocycles. The lowest BCUT2D eigenvalue weighted by Crippen LogP contribution is -2.17. The van der Waals surface area contributed by atoms with Crippen LogP contribution in [-0.2, 0) is 13.2 Å². The zero-order valence-corrected chi connectivity index (χ0v) is 21.3. The van der Waals surface area contributed by atoms with E-state index >= 15 is 0 Å². The number of ether oxygens (including phenoxy) is 3. The van der Waals surface area contributed by atoms with E-state index in [0.29, 0.717) is 30.3 Å². The molecule has 1 amide bonds. The van der Waals surface area contributed by atoms with Crippen molar-refractivity contribution in [2.45, 2.75) is 13.2 Å². The maximum absolute atomic E-state index is 12.1. The lowest BCUT2D eigenvalue weighted by molar-refractivity contribution is 0.0955. The van der Waals surface area contributed by atoms with Gasteiger partial charge in [0.1, 0.15) is 19.0 Å². The third kappa shape index (κ3) is 7.20. The minimum atomic E-state index is -0.273. The van der Waals surface area contributed by atoms with Crippen LogP contribution in [0, 0.1) is 0 Å². The summed E-state index contributed by atoms with van der Waals surface area (Å²) < 4.78 is 18.2. The Balaban J connectivity index is 1.28. The summed E-state index contributed by atoms with van der Waals surface area (Å²) in [6.45, 7) is 0.850. The lowest BCUT2D eigenvalue weighted by Gasteiger charge is -2.13. The molecule has 0 aromatic heterocycles. The predicted octanol–water partition coefficient (Wildman–Crippen LogP) is 6.38. The fourth-order valence-corrected chi connectivity index (χ4v) is 3.57. The minimum absolute atomic E-state index is 0.273. The van der Waals surface area contributed by atoms with E-state index in [1.54, 1.807) is 25.5 Å². The van der Waals surface area contributed by atoms with Crippen LogP contribution in [0.15, 0.2) is 107 Å². The second-order valence-corrected chi connectivity index (χ2v) is 8.74. The number of hydrogen-bond acceptors (Lipinski definition) is 5. The molecule has 1 N–H and O–H groups in total. The van der Waals surface area contributed by atoms with E-state index in [2.05, 4.69) is 26.5 Å². The number of nitrogens with zero attached hydrogens (tertiary/aromatic N) is 1. The van der Waals surface area contributed by atoms with Gasteiger partial charge in [0.2, 0.25) is 0 Å². The highest BCUT2D eigenvalue weighted by molar-refractivity contribution is 9.10. The third-order valence-corrected chi connectivity index (χ3v) is 5.77. The Morgan fingerprint density at radius 2 is 1.56 bits per heavy atom. The second kappa shape index (κ2) is 12.6. The van der Waals surface area contributed by atoms with Crippen molar-refractivity contribution in [1.82, 2.24) is 5.43 Å². The van der Waals surface area contributed by atoms with E-state index in [1.807, 2.05) is 84.9 Å². The predicted molar refractivity (Wildman–Crippen MR) is 144 cm³/mol. The van der Waals surface area contributed by atoms with Crippen LogP contribution in [0.4, 0.5) is 0 Å². The molecule has 0 aliphatic rings. The van der Waals surface area contributed by atoms with Gasteiger partial charge in [-0.25, -0.2) is 5.43 Å². The van der Waals surface area contributed by atoms with Crippen LogP contribution >= 0.6 is 15.9 Å². The molecule has 0 aliphatic heterocycles. The molecule has 0 saturated carbocycles. The molecule has 182 valence electrons. The van der Waals surface area contributed by atoms with Crippen LogP contribution in [0.3, 0.4) is 0 Å². The molecule has 0 unspecified atom stereocenters. The van der Waals surface area contributed by atoms with Crippen LogP contribution in [0.2, 0.25) is 0 Å². The van der Waals surface area contributed by atoms with E-state index in [0.717, 1.165) is 26.9 Å². The van der Waals surface area contributed by atoms with Crippen LogP contribution in [0.1, 0.15) is 27.0 Å². The molecule has 0 radical (unpaired) electrons. The third-order valence-electron chi connectivity index (χ3n) is 5.24. The quantitative estimate of drug-likeness (QED) is 0.186. The molecule has 4 aromatic carbocycles. The van der Waals surface area contributed by atoms with Gasteiger partial charge in [-0.1, -0.05) is 52.3 Å². The Labute approximate surface area is 218 Å². The van der Waals surface area contributed by atoms with Crippen molar-refractivity contribution in [2.24, 2.45) is 5.10 Å². The van der Waals surface area contributed by atoms with E-state index in [9.17, 15) is 4.79 Å². The van der Waals surface area contributed by atoms with Gasteiger partial charge in [0.05, 0.1) is 13.3 Å². The van der Waals surface area contributed by atoms with Crippen LogP contribution in [0.25, 0.3) is 0 Å². The number of hydrazone groups is 1. The summed E-state index contributed by atoms with van der Waals surface area (Å²) in [5, 5.41) is 4.02. The smallest absolute Gasteiger partial charge is 0.271 e. The zero-order valence-electron chi connectivity index (χ0n) is 19.7. The first-order valence-corrected chi connectivity index (χ1v) is 12.1. The van der Waals surface area contributed by atoms with Gasteiger partial charge >= 0.3 is 0 Å². The Morgan fingerprint density at radius 1 is 0.833 bits per heavy atom. The number of carbonyl (C=O) groups is 1. The summed E-state index contributed by atoms with van der Waals surface area (Å²) in [6, 6.07) is 30.3. The van der Waals surface area contributed by atoms with Crippen molar-refractivity contribution in [1.29, 1.82) is 0 Å². The first kappa shape index (κ1) is 25.0. The number of benzene rings is 4. The van der Waals surface area contributed by atoms with Gasteiger partial charge in [-0.15, -0.1) is 0 Å². The van der Waals surface area contributed by atoms with Crippen molar-refractivity contribution in [3.05, 3.63) is 124 Å². The van der Waals surface area contributed by atoms with E-state index in [4.69, 9.17) is 14.2 Å². The Morgan fingerprint density at radius 3 is 2.28 bits per heavy atom. The zero-order chi connectivity index (χ0) is 25.2. The highest BCUT2D eigenvalue weighted by Gasteiger charge is 2.07. The van der Waals surface area contributed by atoms with E-state index < -0.39 is 0 Å². The van der Waals surface area contributed by atoms with Gasteiger partial charge in [-0.3, -0.25) is 4.79 Å². The topological polar surface area (TPSA) is 69.2 Å². The number of halogens is 1. The van der Waals surface area contributed by atoms with Gasteiger partial charge in [0, 0.05) is 10.0 Å². The molecule has 36 heavy (non-hydrogen) atoms. The molecule has 0 fully saturated rings. The standard InChI is InChI=1S/C29H25BrN2O4/c1-34-28-17-23(9-16-27(28)36-19-22-5-3-2-4-6-22)20-35-26-14-7-21(8-15-26)18-31-32-29(33)24-10-12-25(30)13-11-24/h2-18H,19-20H2,1H3,(H,32,33)/b31-18+. The summed E-state index contributed by atoms with van der Waals surface area (Å²) in [5.74, 6) is 1.78. The van der Waals surface area contributed by atoms with Crippen molar-refractivity contribution in [3.63, 3.8) is 0 Å². The molecular formula is C29H25BrN2O4. The second-order valence-electron chi connectivity index (χ2n) is 7.82. The maximum Gasteiger partial charge on any atom is 0.271 e. The molecule has 6 nitrogen and oxygen atoms in total. The molecule has 0 atom stereocenters. The number of methoxy groups -OCH3 is 1. The molecule has 0 heterocycles. The van der Waals surface area contributed by atoms with Gasteiger partial charge in [0.15, 0.2) is 11.5 Å². The summed E-state index contributed by atoms with van der Waals surface area (Å²) >= 11 is 3.35. The van der Waals surface area contributed by atoms with E-state index in [-0.39, 0.29) is 5.91 Å². The molecule has 4 rings (SSSR count). The SMILES string of the molecule is COc1cc(COc2ccc(/C=N/NC(=O)c3ccc(Br)cc3)cc2)ccc1OCc1ccccc1.